The molecule has 3 aromatic rings. The molecule has 1 fully saturated rings. The molecule has 1 saturated carbocycles. The van der Waals surface area contributed by atoms with Gasteiger partial charge in [0.2, 0.25) is 0 Å². The first-order chi connectivity index (χ1) is 17.2. The number of benzene rings is 1. The largest absolute Gasteiger partial charge is 0.384 e. The lowest BCUT2D eigenvalue weighted by Crippen LogP contribution is -2.41. The Kier molecular flexibility index (Phi) is 7.04. The number of pyridine rings is 1. The quantitative estimate of drug-likeness (QED) is 0.460. The molecular weight excluding hydrogens is 455 g/mol. The standard InChI is InChI=1S/C28H31FN6O/c1-6-23-21(10-7-18-8-12-24(30)32-14-18)25(34-15-33-23)19-9-11-20(22(29)13-19)27(36)35-17(3)28(4)16(2)26(28)31-5/h8-9,11-17,26,31H,6H2,1-5H3,(H2,30,32)(H,35,36). The smallest absolute Gasteiger partial charge is 0.254 e. The molecule has 0 aliphatic heterocycles. The summed E-state index contributed by atoms with van der Waals surface area (Å²) >= 11 is 0. The Morgan fingerprint density at radius 2 is 2.00 bits per heavy atom. The fourth-order valence-electron chi connectivity index (χ4n) is 4.91. The van der Waals surface area contributed by atoms with Crippen LogP contribution in [-0.4, -0.2) is 40.0 Å². The van der Waals surface area contributed by atoms with Crippen LogP contribution in [0.4, 0.5) is 10.2 Å². The molecular formula is C28H31FN6O. The molecule has 0 bridgehead atoms. The zero-order valence-corrected chi connectivity index (χ0v) is 21.2. The second-order valence-electron chi connectivity index (χ2n) is 9.43. The van der Waals surface area contributed by atoms with E-state index in [2.05, 4.69) is 51.3 Å². The number of aromatic nitrogens is 3. The highest BCUT2D eigenvalue weighted by molar-refractivity contribution is 5.95. The van der Waals surface area contributed by atoms with Gasteiger partial charge in [-0.2, -0.15) is 0 Å². The summed E-state index contributed by atoms with van der Waals surface area (Å²) in [4.78, 5) is 25.7. The van der Waals surface area contributed by atoms with E-state index in [-0.39, 0.29) is 17.0 Å². The van der Waals surface area contributed by atoms with Crippen LogP contribution in [-0.2, 0) is 6.42 Å². The van der Waals surface area contributed by atoms with Crippen molar-refractivity contribution in [3.8, 4) is 23.1 Å². The van der Waals surface area contributed by atoms with E-state index < -0.39 is 11.7 Å². The number of anilines is 1. The number of hydrogen-bond donors (Lipinski definition) is 3. The third kappa shape index (κ3) is 4.67. The molecule has 8 heteroatoms. The maximum absolute atomic E-state index is 15.2. The van der Waals surface area contributed by atoms with E-state index >= 15 is 4.39 Å². The maximum atomic E-state index is 15.2. The van der Waals surface area contributed by atoms with Crippen LogP contribution in [0.15, 0.2) is 42.9 Å². The van der Waals surface area contributed by atoms with E-state index in [4.69, 9.17) is 5.73 Å². The molecule has 36 heavy (non-hydrogen) atoms. The number of hydrogen-bond acceptors (Lipinski definition) is 6. The Labute approximate surface area is 211 Å². The summed E-state index contributed by atoms with van der Waals surface area (Å²) in [6.07, 6.45) is 3.66. The van der Waals surface area contributed by atoms with Crippen LogP contribution in [0.1, 0.15) is 54.9 Å². The van der Waals surface area contributed by atoms with Gasteiger partial charge in [0.05, 0.1) is 22.5 Å². The summed E-state index contributed by atoms with van der Waals surface area (Å²) in [6.45, 7) is 8.21. The average molecular weight is 487 g/mol. The summed E-state index contributed by atoms with van der Waals surface area (Å²) in [5, 5.41) is 6.27. The van der Waals surface area contributed by atoms with E-state index in [1.54, 1.807) is 24.4 Å². The average Bonchev–Trinajstić information content (AvgIpc) is 3.43. The number of amides is 1. The van der Waals surface area contributed by atoms with Crippen molar-refractivity contribution >= 4 is 11.7 Å². The van der Waals surface area contributed by atoms with Gasteiger partial charge in [0.25, 0.3) is 5.91 Å². The van der Waals surface area contributed by atoms with E-state index in [9.17, 15) is 4.79 Å². The molecule has 0 spiro atoms. The molecule has 2 aromatic heterocycles. The number of nitrogens with two attached hydrogens (primary N) is 1. The molecule has 1 aliphatic carbocycles. The number of carbonyl (C=O) groups is 1. The van der Waals surface area contributed by atoms with Crippen molar-refractivity contribution in [3.63, 3.8) is 0 Å². The van der Waals surface area contributed by atoms with Crippen LogP contribution in [0.25, 0.3) is 11.3 Å². The summed E-state index contributed by atoms with van der Waals surface area (Å²) in [5.74, 6) is 5.96. The fourth-order valence-corrected chi connectivity index (χ4v) is 4.91. The molecule has 7 nitrogen and oxygen atoms in total. The van der Waals surface area contributed by atoms with Crippen molar-refractivity contribution in [3.05, 3.63) is 71.1 Å². The first-order valence-corrected chi connectivity index (χ1v) is 12.1. The van der Waals surface area contributed by atoms with Gasteiger partial charge in [-0.3, -0.25) is 4.79 Å². The van der Waals surface area contributed by atoms with Crippen LogP contribution in [0, 0.1) is 29.0 Å². The molecule has 4 unspecified atom stereocenters. The van der Waals surface area contributed by atoms with Gasteiger partial charge in [-0.25, -0.2) is 19.3 Å². The predicted molar refractivity (Wildman–Crippen MR) is 138 cm³/mol. The Balaban J connectivity index is 1.62. The lowest BCUT2D eigenvalue weighted by Gasteiger charge is -2.23. The third-order valence-electron chi connectivity index (χ3n) is 7.50. The SMILES string of the molecule is CCc1ncnc(-c2ccc(C(=O)NC(C)C3(C)C(C)C3NC)c(F)c2)c1C#Cc1ccc(N)nc1. The summed E-state index contributed by atoms with van der Waals surface area (Å²) in [5.41, 5.74) is 8.64. The summed E-state index contributed by atoms with van der Waals surface area (Å²) in [6, 6.07) is 8.17. The van der Waals surface area contributed by atoms with Crippen LogP contribution in [0.3, 0.4) is 0 Å². The van der Waals surface area contributed by atoms with Gasteiger partial charge in [-0.15, -0.1) is 0 Å². The third-order valence-corrected chi connectivity index (χ3v) is 7.50. The van der Waals surface area contributed by atoms with Gasteiger partial charge in [-0.05, 0) is 50.6 Å². The number of nitrogens with one attached hydrogen (secondary N) is 2. The zero-order chi connectivity index (χ0) is 26.0. The van der Waals surface area contributed by atoms with E-state index in [1.165, 1.54) is 18.5 Å². The molecule has 0 radical (unpaired) electrons. The molecule has 4 rings (SSSR count). The van der Waals surface area contributed by atoms with E-state index in [0.29, 0.717) is 46.6 Å². The Hall–Kier alpha value is -3.83. The van der Waals surface area contributed by atoms with E-state index in [1.807, 2.05) is 20.9 Å². The predicted octanol–water partition coefficient (Wildman–Crippen LogP) is 3.58. The minimum absolute atomic E-state index is 0.00568. The van der Waals surface area contributed by atoms with Crippen molar-refractivity contribution < 1.29 is 9.18 Å². The molecule has 1 aromatic carbocycles. The lowest BCUT2D eigenvalue weighted by molar-refractivity contribution is 0.0917. The summed E-state index contributed by atoms with van der Waals surface area (Å²) in [7, 11) is 1.92. The minimum Gasteiger partial charge on any atom is -0.384 e. The number of carbonyl (C=O) groups excluding carboxylic acids is 1. The number of aryl methyl sites for hydroxylation is 1. The van der Waals surface area contributed by atoms with Crippen LogP contribution in [0.2, 0.25) is 0 Å². The maximum Gasteiger partial charge on any atom is 0.254 e. The van der Waals surface area contributed by atoms with Crippen LogP contribution < -0.4 is 16.4 Å². The monoisotopic (exact) mass is 486 g/mol. The van der Waals surface area contributed by atoms with Crippen molar-refractivity contribution in [2.45, 2.75) is 46.2 Å². The van der Waals surface area contributed by atoms with Gasteiger partial charge >= 0.3 is 0 Å². The topological polar surface area (TPSA) is 106 Å². The highest BCUT2D eigenvalue weighted by Crippen LogP contribution is 2.54. The first kappa shape index (κ1) is 25.3. The van der Waals surface area contributed by atoms with Crippen LogP contribution in [0.5, 0.6) is 0 Å². The van der Waals surface area contributed by atoms with E-state index in [0.717, 1.165) is 5.69 Å². The van der Waals surface area contributed by atoms with Crippen LogP contribution >= 0.6 is 0 Å². The van der Waals surface area contributed by atoms with Crippen molar-refractivity contribution in [2.24, 2.45) is 11.3 Å². The normalized spacial score (nSPS) is 21.3. The molecule has 4 N–H and O–H groups in total. The fraction of sp³-hybridized carbons (Fsp3) is 0.357. The first-order valence-electron chi connectivity index (χ1n) is 12.1. The molecule has 0 saturated heterocycles. The number of nitrogens with zero attached hydrogens (tertiary/aromatic N) is 3. The lowest BCUT2D eigenvalue weighted by atomic mass is 9.96. The Morgan fingerprint density at radius 1 is 1.22 bits per heavy atom. The van der Waals surface area contributed by atoms with Gasteiger partial charge < -0.3 is 16.4 Å². The molecule has 1 aliphatic rings. The van der Waals surface area contributed by atoms with Crippen molar-refractivity contribution in [1.29, 1.82) is 0 Å². The molecule has 1 amide bonds. The zero-order valence-electron chi connectivity index (χ0n) is 21.2. The number of rotatable bonds is 6. The van der Waals surface area contributed by atoms with Gasteiger partial charge in [-0.1, -0.05) is 38.7 Å². The highest BCUT2D eigenvalue weighted by atomic mass is 19.1. The number of nitrogen functional groups attached to an aromatic ring is 1. The van der Waals surface area contributed by atoms with Gasteiger partial charge in [0.15, 0.2) is 0 Å². The highest BCUT2D eigenvalue weighted by Gasteiger charge is 2.60. The summed E-state index contributed by atoms with van der Waals surface area (Å²) < 4.78 is 15.2. The molecule has 2 heterocycles. The van der Waals surface area contributed by atoms with Gasteiger partial charge in [0, 0.05) is 34.8 Å². The van der Waals surface area contributed by atoms with Crippen molar-refractivity contribution in [2.75, 3.05) is 12.8 Å². The minimum atomic E-state index is -0.616. The Bertz CT molecular complexity index is 1350. The second kappa shape index (κ2) is 10.0. The van der Waals surface area contributed by atoms with Crippen molar-refractivity contribution in [1.82, 2.24) is 25.6 Å². The molecule has 186 valence electrons. The number of halogens is 1. The molecule has 4 atom stereocenters. The second-order valence-corrected chi connectivity index (χ2v) is 9.43. The van der Waals surface area contributed by atoms with Gasteiger partial charge in [0.1, 0.15) is 18.0 Å². The Morgan fingerprint density at radius 3 is 2.61 bits per heavy atom.